The van der Waals surface area contributed by atoms with Crippen LogP contribution in [-0.2, 0) is 11.3 Å². The monoisotopic (exact) mass is 187 g/mol. The van der Waals surface area contributed by atoms with Crippen LogP contribution in [0.25, 0.3) is 0 Å². The SMILES string of the molecule is CC(C)(C)OCc1nc(N)ns1. The number of hydrogen-bond acceptors (Lipinski definition) is 5. The van der Waals surface area contributed by atoms with Gasteiger partial charge in [-0.25, -0.2) is 4.98 Å². The van der Waals surface area contributed by atoms with Crippen molar-refractivity contribution in [2.45, 2.75) is 33.0 Å². The number of aromatic nitrogens is 2. The van der Waals surface area contributed by atoms with Gasteiger partial charge in [0.05, 0.1) is 5.60 Å². The normalized spacial score (nSPS) is 11.9. The van der Waals surface area contributed by atoms with Crippen LogP contribution >= 0.6 is 11.5 Å². The molecule has 0 radical (unpaired) electrons. The minimum absolute atomic E-state index is 0.138. The zero-order chi connectivity index (χ0) is 9.19. The minimum Gasteiger partial charge on any atom is -0.369 e. The summed E-state index contributed by atoms with van der Waals surface area (Å²) in [5.41, 5.74) is 5.21. The number of nitrogens with two attached hydrogens (primary N) is 1. The summed E-state index contributed by atoms with van der Waals surface area (Å²) < 4.78 is 9.33. The second-order valence-corrected chi connectivity index (χ2v) is 4.28. The van der Waals surface area contributed by atoms with E-state index in [-0.39, 0.29) is 5.60 Å². The van der Waals surface area contributed by atoms with Crippen LogP contribution in [0.2, 0.25) is 0 Å². The van der Waals surface area contributed by atoms with Crippen molar-refractivity contribution in [3.05, 3.63) is 5.01 Å². The molecule has 0 bridgehead atoms. The molecule has 0 saturated heterocycles. The third kappa shape index (κ3) is 3.15. The second-order valence-electron chi connectivity index (χ2n) is 3.45. The average Bonchev–Trinajstić information content (AvgIpc) is 2.30. The van der Waals surface area contributed by atoms with Gasteiger partial charge in [-0.2, -0.15) is 4.37 Å². The number of hydrogen-bond donors (Lipinski definition) is 1. The van der Waals surface area contributed by atoms with Gasteiger partial charge in [0.1, 0.15) is 11.6 Å². The third-order valence-electron chi connectivity index (χ3n) is 1.11. The molecule has 0 amide bonds. The van der Waals surface area contributed by atoms with Crippen molar-refractivity contribution < 1.29 is 4.74 Å². The fraction of sp³-hybridized carbons (Fsp3) is 0.714. The Kier molecular flexibility index (Phi) is 2.64. The predicted octanol–water partition coefficient (Wildman–Crippen LogP) is 1.44. The van der Waals surface area contributed by atoms with Crippen molar-refractivity contribution in [1.82, 2.24) is 9.36 Å². The van der Waals surface area contributed by atoms with Crippen LogP contribution in [0.5, 0.6) is 0 Å². The third-order valence-corrected chi connectivity index (χ3v) is 1.81. The Balaban J connectivity index is 2.44. The number of ether oxygens (including phenoxy) is 1. The Morgan fingerprint density at radius 1 is 1.50 bits per heavy atom. The van der Waals surface area contributed by atoms with Gasteiger partial charge in [-0.1, -0.05) is 0 Å². The molecule has 4 nitrogen and oxygen atoms in total. The molecule has 0 unspecified atom stereocenters. The molecule has 68 valence electrons. The molecule has 1 heterocycles. The summed E-state index contributed by atoms with van der Waals surface area (Å²) in [6, 6.07) is 0. The smallest absolute Gasteiger partial charge is 0.232 e. The summed E-state index contributed by atoms with van der Waals surface area (Å²) >= 11 is 1.28. The highest BCUT2D eigenvalue weighted by molar-refractivity contribution is 7.05. The van der Waals surface area contributed by atoms with Gasteiger partial charge < -0.3 is 10.5 Å². The first kappa shape index (κ1) is 9.41. The molecular formula is C7H13N3OS. The maximum atomic E-state index is 5.48. The highest BCUT2D eigenvalue weighted by Crippen LogP contribution is 2.13. The van der Waals surface area contributed by atoms with Crippen molar-refractivity contribution in [2.75, 3.05) is 5.73 Å². The topological polar surface area (TPSA) is 61.0 Å². The van der Waals surface area contributed by atoms with Gasteiger partial charge in [0, 0.05) is 0 Å². The Morgan fingerprint density at radius 3 is 2.58 bits per heavy atom. The molecule has 2 N–H and O–H groups in total. The van der Waals surface area contributed by atoms with Gasteiger partial charge in [-0.3, -0.25) is 0 Å². The maximum Gasteiger partial charge on any atom is 0.232 e. The molecule has 0 aliphatic rings. The van der Waals surface area contributed by atoms with Crippen molar-refractivity contribution >= 4 is 17.5 Å². The van der Waals surface area contributed by atoms with Crippen LogP contribution in [0, 0.1) is 0 Å². The van der Waals surface area contributed by atoms with Crippen molar-refractivity contribution in [2.24, 2.45) is 0 Å². The van der Waals surface area contributed by atoms with Crippen molar-refractivity contribution in [3.8, 4) is 0 Å². The van der Waals surface area contributed by atoms with Gasteiger partial charge in [-0.15, -0.1) is 0 Å². The van der Waals surface area contributed by atoms with Crippen LogP contribution in [0.4, 0.5) is 5.95 Å². The zero-order valence-electron chi connectivity index (χ0n) is 7.50. The van der Waals surface area contributed by atoms with Crippen LogP contribution < -0.4 is 5.73 Å². The van der Waals surface area contributed by atoms with E-state index in [0.29, 0.717) is 12.6 Å². The Hall–Kier alpha value is -0.680. The Morgan fingerprint density at radius 2 is 2.17 bits per heavy atom. The standard InChI is InChI=1S/C7H13N3OS/c1-7(2,3)11-4-5-9-6(8)10-12-5/h4H2,1-3H3,(H2,8,10). The lowest BCUT2D eigenvalue weighted by molar-refractivity contribution is -0.0149. The molecule has 1 aromatic heterocycles. The lowest BCUT2D eigenvalue weighted by atomic mass is 10.2. The number of anilines is 1. The van der Waals surface area contributed by atoms with Gasteiger partial charge in [0.2, 0.25) is 5.95 Å². The quantitative estimate of drug-likeness (QED) is 0.761. The number of rotatable bonds is 2. The number of nitrogen functional groups attached to an aromatic ring is 1. The van der Waals surface area contributed by atoms with Crippen LogP contribution in [0.3, 0.4) is 0 Å². The van der Waals surface area contributed by atoms with Gasteiger partial charge in [0.15, 0.2) is 0 Å². The van der Waals surface area contributed by atoms with E-state index in [1.807, 2.05) is 20.8 Å². The molecule has 0 aliphatic carbocycles. The van der Waals surface area contributed by atoms with Crippen molar-refractivity contribution in [1.29, 1.82) is 0 Å². The van der Waals surface area contributed by atoms with Gasteiger partial charge in [0.25, 0.3) is 0 Å². The van der Waals surface area contributed by atoms with E-state index in [1.54, 1.807) is 0 Å². The van der Waals surface area contributed by atoms with E-state index >= 15 is 0 Å². The highest BCUT2D eigenvalue weighted by Gasteiger charge is 2.11. The second kappa shape index (κ2) is 3.37. The zero-order valence-corrected chi connectivity index (χ0v) is 8.31. The summed E-state index contributed by atoms with van der Waals surface area (Å²) in [7, 11) is 0. The lowest BCUT2D eigenvalue weighted by Crippen LogP contribution is -2.18. The van der Waals surface area contributed by atoms with E-state index in [9.17, 15) is 0 Å². The molecular weight excluding hydrogens is 174 g/mol. The fourth-order valence-corrected chi connectivity index (χ4v) is 1.09. The molecule has 1 aromatic rings. The fourth-order valence-electron chi connectivity index (χ4n) is 0.605. The van der Waals surface area contributed by atoms with E-state index in [4.69, 9.17) is 10.5 Å². The Bertz CT molecular complexity index is 253. The summed E-state index contributed by atoms with van der Waals surface area (Å²) in [6.07, 6.45) is 0. The first-order valence-electron chi connectivity index (χ1n) is 3.69. The van der Waals surface area contributed by atoms with E-state index in [1.165, 1.54) is 11.5 Å². The largest absolute Gasteiger partial charge is 0.369 e. The molecule has 0 atom stereocenters. The summed E-state index contributed by atoms with van der Waals surface area (Å²) in [5, 5.41) is 0.822. The Labute approximate surface area is 75.9 Å². The first-order chi connectivity index (χ1) is 5.47. The summed E-state index contributed by atoms with van der Waals surface area (Å²) in [4.78, 5) is 3.97. The molecule has 0 fully saturated rings. The highest BCUT2D eigenvalue weighted by atomic mass is 32.1. The molecule has 0 aliphatic heterocycles. The predicted molar refractivity (Wildman–Crippen MR) is 48.9 cm³/mol. The van der Waals surface area contributed by atoms with Crippen LogP contribution in [0.15, 0.2) is 0 Å². The minimum atomic E-state index is -0.138. The molecule has 0 spiro atoms. The molecule has 0 saturated carbocycles. The van der Waals surface area contributed by atoms with Crippen LogP contribution in [-0.4, -0.2) is 15.0 Å². The lowest BCUT2D eigenvalue weighted by Gasteiger charge is -2.17. The van der Waals surface area contributed by atoms with Gasteiger partial charge in [-0.05, 0) is 32.3 Å². The molecule has 12 heavy (non-hydrogen) atoms. The van der Waals surface area contributed by atoms with Crippen molar-refractivity contribution in [3.63, 3.8) is 0 Å². The summed E-state index contributed by atoms with van der Waals surface area (Å²) in [6.45, 7) is 6.48. The molecule has 5 heteroatoms. The van der Waals surface area contributed by atoms with Gasteiger partial charge >= 0.3 is 0 Å². The molecule has 1 rings (SSSR count). The summed E-state index contributed by atoms with van der Waals surface area (Å²) in [5.74, 6) is 0.326. The average molecular weight is 187 g/mol. The maximum absolute atomic E-state index is 5.48. The molecule has 0 aromatic carbocycles. The van der Waals surface area contributed by atoms with E-state index < -0.39 is 0 Å². The van der Waals surface area contributed by atoms with E-state index in [0.717, 1.165) is 5.01 Å². The van der Waals surface area contributed by atoms with Crippen LogP contribution in [0.1, 0.15) is 25.8 Å². The first-order valence-corrected chi connectivity index (χ1v) is 4.47. The number of nitrogens with zero attached hydrogens (tertiary/aromatic N) is 2. The van der Waals surface area contributed by atoms with E-state index in [2.05, 4.69) is 9.36 Å².